The van der Waals surface area contributed by atoms with Crippen LogP contribution in [0.3, 0.4) is 0 Å². The van der Waals surface area contributed by atoms with E-state index < -0.39 is 0 Å². The summed E-state index contributed by atoms with van der Waals surface area (Å²) in [5.74, 6) is 1.00. The largest absolute Gasteiger partial charge is 0.492 e. The van der Waals surface area contributed by atoms with Crippen molar-refractivity contribution in [1.29, 1.82) is 0 Å². The van der Waals surface area contributed by atoms with E-state index in [2.05, 4.69) is 59.2 Å². The third kappa shape index (κ3) is 3.85. The number of hydrogen-bond donors (Lipinski definition) is 0. The molecule has 2 aromatic rings. The SMILES string of the molecule is CCOc1ccccc1N1CCN(Cc2ccccc2C)CC1. The van der Waals surface area contributed by atoms with Crippen LogP contribution >= 0.6 is 0 Å². The lowest BCUT2D eigenvalue weighted by atomic mass is 10.1. The van der Waals surface area contributed by atoms with Gasteiger partial charge in [0.1, 0.15) is 5.75 Å². The van der Waals surface area contributed by atoms with E-state index in [0.29, 0.717) is 6.61 Å². The lowest BCUT2D eigenvalue weighted by Gasteiger charge is -2.37. The molecule has 0 radical (unpaired) electrons. The van der Waals surface area contributed by atoms with Gasteiger partial charge in [-0.3, -0.25) is 4.90 Å². The predicted octanol–water partition coefficient (Wildman–Crippen LogP) is 3.72. The summed E-state index contributed by atoms with van der Waals surface area (Å²) in [7, 11) is 0. The number of nitrogens with zero attached hydrogens (tertiary/aromatic N) is 2. The number of aryl methyl sites for hydroxylation is 1. The number of piperazine rings is 1. The summed E-state index contributed by atoms with van der Waals surface area (Å²) in [4.78, 5) is 4.99. The molecule has 23 heavy (non-hydrogen) atoms. The van der Waals surface area contributed by atoms with Gasteiger partial charge < -0.3 is 9.64 Å². The summed E-state index contributed by atoms with van der Waals surface area (Å²) in [6, 6.07) is 17.1. The molecular weight excluding hydrogens is 284 g/mol. The predicted molar refractivity (Wildman–Crippen MR) is 96.3 cm³/mol. The van der Waals surface area contributed by atoms with Crippen LogP contribution in [0.2, 0.25) is 0 Å². The van der Waals surface area contributed by atoms with E-state index in [-0.39, 0.29) is 0 Å². The Hall–Kier alpha value is -2.00. The Morgan fingerprint density at radius 2 is 1.61 bits per heavy atom. The molecule has 0 saturated carbocycles. The lowest BCUT2D eigenvalue weighted by molar-refractivity contribution is 0.248. The van der Waals surface area contributed by atoms with Gasteiger partial charge >= 0.3 is 0 Å². The summed E-state index contributed by atoms with van der Waals surface area (Å²) < 4.78 is 5.77. The van der Waals surface area contributed by atoms with Crippen molar-refractivity contribution in [2.24, 2.45) is 0 Å². The van der Waals surface area contributed by atoms with Crippen molar-refractivity contribution in [3.8, 4) is 5.75 Å². The number of anilines is 1. The highest BCUT2D eigenvalue weighted by molar-refractivity contribution is 5.58. The van der Waals surface area contributed by atoms with Crippen LogP contribution in [-0.4, -0.2) is 37.7 Å². The first-order chi connectivity index (χ1) is 11.3. The Labute approximate surface area is 139 Å². The van der Waals surface area contributed by atoms with Gasteiger partial charge in [-0.25, -0.2) is 0 Å². The van der Waals surface area contributed by atoms with Crippen LogP contribution in [0.25, 0.3) is 0 Å². The van der Waals surface area contributed by atoms with Gasteiger partial charge in [0.15, 0.2) is 0 Å². The van der Waals surface area contributed by atoms with Gasteiger partial charge in [-0.15, -0.1) is 0 Å². The van der Waals surface area contributed by atoms with Gasteiger partial charge in [0.25, 0.3) is 0 Å². The third-order valence-electron chi connectivity index (χ3n) is 4.53. The molecule has 1 aliphatic rings. The summed E-state index contributed by atoms with van der Waals surface area (Å²) in [5.41, 5.74) is 4.05. The molecule has 3 rings (SSSR count). The normalized spacial score (nSPS) is 15.7. The van der Waals surface area contributed by atoms with Crippen molar-refractivity contribution < 1.29 is 4.74 Å². The van der Waals surface area contributed by atoms with Crippen LogP contribution in [0, 0.1) is 6.92 Å². The Morgan fingerprint density at radius 3 is 2.35 bits per heavy atom. The highest BCUT2D eigenvalue weighted by Gasteiger charge is 2.19. The van der Waals surface area contributed by atoms with Crippen LogP contribution < -0.4 is 9.64 Å². The maximum atomic E-state index is 5.77. The first kappa shape index (κ1) is 15.9. The van der Waals surface area contributed by atoms with Crippen molar-refractivity contribution in [3.05, 3.63) is 59.7 Å². The smallest absolute Gasteiger partial charge is 0.142 e. The van der Waals surface area contributed by atoms with E-state index in [9.17, 15) is 0 Å². The Bertz CT molecular complexity index is 633. The minimum Gasteiger partial charge on any atom is -0.492 e. The topological polar surface area (TPSA) is 15.7 Å². The molecule has 122 valence electrons. The molecule has 0 spiro atoms. The zero-order chi connectivity index (χ0) is 16.1. The molecule has 0 aromatic heterocycles. The molecule has 0 amide bonds. The Kier molecular flexibility index (Phi) is 5.19. The van der Waals surface area contributed by atoms with Gasteiger partial charge in [-0.1, -0.05) is 36.4 Å². The Balaban J connectivity index is 1.62. The number of ether oxygens (including phenoxy) is 1. The van der Waals surface area contributed by atoms with E-state index in [1.165, 1.54) is 16.8 Å². The van der Waals surface area contributed by atoms with E-state index in [1.54, 1.807) is 0 Å². The molecule has 0 unspecified atom stereocenters. The van der Waals surface area contributed by atoms with Gasteiger partial charge in [-0.2, -0.15) is 0 Å². The van der Waals surface area contributed by atoms with Crippen molar-refractivity contribution in [2.75, 3.05) is 37.7 Å². The minimum absolute atomic E-state index is 0.713. The molecule has 1 aliphatic heterocycles. The van der Waals surface area contributed by atoms with Crippen LogP contribution in [-0.2, 0) is 6.54 Å². The molecule has 0 aliphatic carbocycles. The van der Waals surface area contributed by atoms with E-state index in [0.717, 1.165) is 38.5 Å². The lowest BCUT2D eigenvalue weighted by Crippen LogP contribution is -2.46. The van der Waals surface area contributed by atoms with Crippen LogP contribution in [0.5, 0.6) is 5.75 Å². The molecule has 1 saturated heterocycles. The van der Waals surface area contributed by atoms with Crippen molar-refractivity contribution in [2.45, 2.75) is 20.4 Å². The zero-order valence-corrected chi connectivity index (χ0v) is 14.2. The summed E-state index contributed by atoms with van der Waals surface area (Å²) >= 11 is 0. The van der Waals surface area contributed by atoms with E-state index in [4.69, 9.17) is 4.74 Å². The second kappa shape index (κ2) is 7.51. The van der Waals surface area contributed by atoms with Gasteiger partial charge in [-0.05, 0) is 37.1 Å². The quantitative estimate of drug-likeness (QED) is 0.837. The second-order valence-electron chi connectivity index (χ2n) is 6.09. The van der Waals surface area contributed by atoms with Crippen molar-refractivity contribution >= 4 is 5.69 Å². The molecular formula is C20H26N2O. The van der Waals surface area contributed by atoms with Gasteiger partial charge in [0, 0.05) is 32.7 Å². The van der Waals surface area contributed by atoms with Gasteiger partial charge in [0.2, 0.25) is 0 Å². The molecule has 0 bridgehead atoms. The van der Waals surface area contributed by atoms with E-state index >= 15 is 0 Å². The third-order valence-corrected chi connectivity index (χ3v) is 4.53. The molecule has 1 fully saturated rings. The second-order valence-corrected chi connectivity index (χ2v) is 6.09. The fourth-order valence-corrected chi connectivity index (χ4v) is 3.17. The first-order valence-electron chi connectivity index (χ1n) is 8.51. The number of benzene rings is 2. The van der Waals surface area contributed by atoms with Crippen LogP contribution in [0.1, 0.15) is 18.1 Å². The summed E-state index contributed by atoms with van der Waals surface area (Å²) in [6.07, 6.45) is 0. The number of para-hydroxylation sites is 2. The fourth-order valence-electron chi connectivity index (χ4n) is 3.17. The maximum absolute atomic E-state index is 5.77. The zero-order valence-electron chi connectivity index (χ0n) is 14.2. The number of hydrogen-bond acceptors (Lipinski definition) is 3. The molecule has 1 heterocycles. The number of rotatable bonds is 5. The fraction of sp³-hybridized carbons (Fsp3) is 0.400. The monoisotopic (exact) mass is 310 g/mol. The first-order valence-corrected chi connectivity index (χ1v) is 8.51. The Morgan fingerprint density at radius 1 is 0.913 bits per heavy atom. The average Bonchev–Trinajstić information content (AvgIpc) is 2.59. The summed E-state index contributed by atoms with van der Waals surface area (Å²) in [6.45, 7) is 10.3. The van der Waals surface area contributed by atoms with Crippen LogP contribution in [0.15, 0.2) is 48.5 Å². The average molecular weight is 310 g/mol. The molecule has 2 aromatic carbocycles. The van der Waals surface area contributed by atoms with Crippen molar-refractivity contribution in [1.82, 2.24) is 4.90 Å². The molecule has 0 N–H and O–H groups in total. The molecule has 3 nitrogen and oxygen atoms in total. The highest BCUT2D eigenvalue weighted by atomic mass is 16.5. The maximum Gasteiger partial charge on any atom is 0.142 e. The van der Waals surface area contributed by atoms with E-state index in [1.807, 2.05) is 13.0 Å². The van der Waals surface area contributed by atoms with Crippen LogP contribution in [0.4, 0.5) is 5.69 Å². The summed E-state index contributed by atoms with van der Waals surface area (Å²) in [5, 5.41) is 0. The highest BCUT2D eigenvalue weighted by Crippen LogP contribution is 2.29. The molecule has 0 atom stereocenters. The minimum atomic E-state index is 0.713. The standard InChI is InChI=1S/C20H26N2O/c1-3-23-20-11-7-6-10-19(20)22-14-12-21(13-15-22)16-18-9-5-4-8-17(18)2/h4-11H,3,12-16H2,1-2H3. The van der Waals surface area contributed by atoms with Gasteiger partial charge in [0.05, 0.1) is 12.3 Å². The molecule has 3 heteroatoms. The van der Waals surface area contributed by atoms with Crippen molar-refractivity contribution in [3.63, 3.8) is 0 Å².